The highest BCUT2D eigenvalue weighted by Gasteiger charge is 2.13. The molecule has 0 fully saturated rings. The van der Waals surface area contributed by atoms with Crippen molar-refractivity contribution in [2.24, 2.45) is 5.84 Å². The van der Waals surface area contributed by atoms with Gasteiger partial charge in [-0.05, 0) is 41.8 Å². The van der Waals surface area contributed by atoms with E-state index in [0.29, 0.717) is 17.0 Å². The first-order valence-electron chi connectivity index (χ1n) is 5.75. The van der Waals surface area contributed by atoms with Gasteiger partial charge in [0.2, 0.25) is 0 Å². The summed E-state index contributed by atoms with van der Waals surface area (Å²) < 4.78 is 26.6. The zero-order valence-corrected chi connectivity index (χ0v) is 10.8. The summed E-state index contributed by atoms with van der Waals surface area (Å²) in [6.45, 7) is 0. The molecule has 0 aliphatic carbocycles. The van der Waals surface area contributed by atoms with Crippen LogP contribution in [0.5, 0.6) is 0 Å². The van der Waals surface area contributed by atoms with Gasteiger partial charge < -0.3 is 0 Å². The normalized spacial score (nSPS) is 12.4. The van der Waals surface area contributed by atoms with Gasteiger partial charge in [-0.1, -0.05) is 29.8 Å². The molecule has 2 nitrogen and oxygen atoms in total. The lowest BCUT2D eigenvalue weighted by molar-refractivity contribution is 0.527. The van der Waals surface area contributed by atoms with Gasteiger partial charge in [-0.2, -0.15) is 0 Å². The van der Waals surface area contributed by atoms with Gasteiger partial charge in [0.1, 0.15) is 11.6 Å². The van der Waals surface area contributed by atoms with Gasteiger partial charge in [-0.3, -0.25) is 11.3 Å². The molecule has 2 aromatic carbocycles. The van der Waals surface area contributed by atoms with Crippen LogP contribution in [0.15, 0.2) is 42.5 Å². The molecule has 0 radical (unpaired) electrons. The van der Waals surface area contributed by atoms with E-state index in [4.69, 9.17) is 17.4 Å². The molecule has 0 bridgehead atoms. The second kappa shape index (κ2) is 6.10. The van der Waals surface area contributed by atoms with Crippen molar-refractivity contribution in [2.75, 3.05) is 0 Å². The number of nitrogens with two attached hydrogens (primary N) is 1. The number of rotatable bonds is 4. The van der Waals surface area contributed by atoms with Crippen molar-refractivity contribution in [3.8, 4) is 0 Å². The van der Waals surface area contributed by atoms with Crippen LogP contribution in [0.4, 0.5) is 8.78 Å². The van der Waals surface area contributed by atoms with Crippen LogP contribution in [0.2, 0.25) is 5.02 Å². The Morgan fingerprint density at radius 1 is 1.11 bits per heavy atom. The number of hydrogen-bond acceptors (Lipinski definition) is 2. The molecule has 0 amide bonds. The van der Waals surface area contributed by atoms with E-state index >= 15 is 0 Å². The fourth-order valence-corrected chi connectivity index (χ4v) is 2.03. The average Bonchev–Trinajstić information content (AvgIpc) is 2.39. The van der Waals surface area contributed by atoms with E-state index in [2.05, 4.69) is 5.43 Å². The van der Waals surface area contributed by atoms with Gasteiger partial charge in [-0.15, -0.1) is 0 Å². The third-order valence-electron chi connectivity index (χ3n) is 2.91. The van der Waals surface area contributed by atoms with Gasteiger partial charge in [0.15, 0.2) is 0 Å². The maximum absolute atomic E-state index is 13.7. The summed E-state index contributed by atoms with van der Waals surface area (Å²) in [7, 11) is 0. The molecule has 2 aromatic rings. The Labute approximate surface area is 115 Å². The van der Waals surface area contributed by atoms with Crippen LogP contribution in [-0.2, 0) is 6.42 Å². The molecule has 0 spiro atoms. The SMILES string of the molecule is NNC(Cc1ccc(Cl)cc1F)c1ccc(F)cc1. The van der Waals surface area contributed by atoms with E-state index in [1.807, 2.05) is 0 Å². The van der Waals surface area contributed by atoms with Crippen LogP contribution in [0.1, 0.15) is 17.2 Å². The van der Waals surface area contributed by atoms with Crippen molar-refractivity contribution >= 4 is 11.6 Å². The highest BCUT2D eigenvalue weighted by atomic mass is 35.5. The molecule has 5 heteroatoms. The summed E-state index contributed by atoms with van der Waals surface area (Å²) in [5, 5.41) is 0.347. The Balaban J connectivity index is 2.21. The summed E-state index contributed by atoms with van der Waals surface area (Å²) in [6, 6.07) is 10.1. The zero-order valence-electron chi connectivity index (χ0n) is 10.0. The summed E-state index contributed by atoms with van der Waals surface area (Å²) in [4.78, 5) is 0. The second-order valence-corrected chi connectivity index (χ2v) is 4.65. The molecule has 100 valence electrons. The van der Waals surface area contributed by atoms with Crippen molar-refractivity contribution in [2.45, 2.75) is 12.5 Å². The lowest BCUT2D eigenvalue weighted by Gasteiger charge is -2.17. The molecule has 2 rings (SSSR count). The van der Waals surface area contributed by atoms with E-state index in [0.717, 1.165) is 5.56 Å². The molecule has 3 N–H and O–H groups in total. The first kappa shape index (κ1) is 13.9. The zero-order chi connectivity index (χ0) is 13.8. The summed E-state index contributed by atoms with van der Waals surface area (Å²) >= 11 is 5.70. The Hall–Kier alpha value is -1.49. The molecule has 0 heterocycles. The first-order valence-corrected chi connectivity index (χ1v) is 6.13. The predicted molar refractivity (Wildman–Crippen MR) is 71.6 cm³/mol. The quantitative estimate of drug-likeness (QED) is 0.666. The maximum atomic E-state index is 13.7. The summed E-state index contributed by atoms with van der Waals surface area (Å²) in [6.07, 6.45) is 0.352. The minimum absolute atomic E-state index is 0.295. The minimum atomic E-state index is -0.380. The lowest BCUT2D eigenvalue weighted by Crippen LogP contribution is -2.29. The fraction of sp³-hybridized carbons (Fsp3) is 0.143. The van der Waals surface area contributed by atoms with Crippen molar-refractivity contribution in [1.82, 2.24) is 5.43 Å². The molecule has 0 saturated carbocycles. The highest BCUT2D eigenvalue weighted by Crippen LogP contribution is 2.22. The van der Waals surface area contributed by atoms with Crippen LogP contribution in [0.25, 0.3) is 0 Å². The molecule has 1 atom stereocenters. The second-order valence-electron chi connectivity index (χ2n) is 4.21. The fourth-order valence-electron chi connectivity index (χ4n) is 1.88. The van der Waals surface area contributed by atoms with Gasteiger partial charge in [-0.25, -0.2) is 8.78 Å². The number of halogens is 3. The summed E-state index contributed by atoms with van der Waals surface area (Å²) in [5.41, 5.74) is 3.89. The number of nitrogens with one attached hydrogen (secondary N) is 1. The van der Waals surface area contributed by atoms with E-state index in [1.165, 1.54) is 18.2 Å². The molecule has 0 aliphatic heterocycles. The largest absolute Gasteiger partial charge is 0.271 e. The third-order valence-corrected chi connectivity index (χ3v) is 3.15. The molecule has 19 heavy (non-hydrogen) atoms. The number of benzene rings is 2. The van der Waals surface area contributed by atoms with Crippen LogP contribution >= 0.6 is 11.6 Å². The Morgan fingerprint density at radius 2 is 1.79 bits per heavy atom. The number of hydrogen-bond donors (Lipinski definition) is 2. The monoisotopic (exact) mass is 282 g/mol. The standard InChI is InChI=1S/C14H13ClF2N2/c15-11-4-1-10(13(17)8-11)7-14(19-18)9-2-5-12(16)6-3-9/h1-6,8,14,19H,7,18H2. The van der Waals surface area contributed by atoms with Gasteiger partial charge in [0, 0.05) is 5.02 Å². The third kappa shape index (κ3) is 3.50. The molecule has 1 unspecified atom stereocenters. The van der Waals surface area contributed by atoms with E-state index in [9.17, 15) is 8.78 Å². The predicted octanol–water partition coefficient (Wildman–Crippen LogP) is 3.37. The highest BCUT2D eigenvalue weighted by molar-refractivity contribution is 6.30. The Kier molecular flexibility index (Phi) is 4.47. The van der Waals surface area contributed by atoms with E-state index in [-0.39, 0.29) is 17.7 Å². The van der Waals surface area contributed by atoms with Crippen LogP contribution in [0.3, 0.4) is 0 Å². The van der Waals surface area contributed by atoms with Gasteiger partial charge >= 0.3 is 0 Å². The van der Waals surface area contributed by atoms with Crippen LogP contribution in [-0.4, -0.2) is 0 Å². The molecule has 0 aliphatic rings. The first-order chi connectivity index (χ1) is 9.10. The summed E-state index contributed by atoms with van der Waals surface area (Å²) in [5.74, 6) is 4.78. The van der Waals surface area contributed by atoms with E-state index < -0.39 is 0 Å². The van der Waals surface area contributed by atoms with Gasteiger partial charge in [0.25, 0.3) is 0 Å². The molecule has 0 saturated heterocycles. The van der Waals surface area contributed by atoms with Gasteiger partial charge in [0.05, 0.1) is 6.04 Å². The number of hydrazine groups is 1. The maximum Gasteiger partial charge on any atom is 0.127 e. The van der Waals surface area contributed by atoms with Crippen molar-refractivity contribution < 1.29 is 8.78 Å². The van der Waals surface area contributed by atoms with E-state index in [1.54, 1.807) is 24.3 Å². The van der Waals surface area contributed by atoms with Crippen molar-refractivity contribution in [1.29, 1.82) is 0 Å². The average molecular weight is 283 g/mol. The Morgan fingerprint density at radius 3 is 2.37 bits per heavy atom. The van der Waals surface area contributed by atoms with Crippen molar-refractivity contribution in [3.63, 3.8) is 0 Å². The Bertz CT molecular complexity index is 558. The lowest BCUT2D eigenvalue weighted by atomic mass is 9.99. The molecular weight excluding hydrogens is 270 g/mol. The minimum Gasteiger partial charge on any atom is -0.271 e. The van der Waals surface area contributed by atoms with Crippen molar-refractivity contribution in [3.05, 3.63) is 70.2 Å². The molecule has 0 aromatic heterocycles. The van der Waals surface area contributed by atoms with Crippen LogP contribution in [0, 0.1) is 11.6 Å². The molecular formula is C14H13ClF2N2. The topological polar surface area (TPSA) is 38.0 Å². The smallest absolute Gasteiger partial charge is 0.127 e. The van der Waals surface area contributed by atoms with Crippen LogP contribution < -0.4 is 11.3 Å².